The van der Waals surface area contributed by atoms with Gasteiger partial charge in [0.15, 0.2) is 0 Å². The van der Waals surface area contributed by atoms with Crippen molar-refractivity contribution in [1.29, 1.82) is 0 Å². The Bertz CT molecular complexity index is 874. The fraction of sp³-hybridized carbons (Fsp3) is 0.200. The van der Waals surface area contributed by atoms with Gasteiger partial charge in [0.1, 0.15) is 0 Å². The molecular weight excluding hydrogens is 454 g/mol. The molecule has 0 spiro atoms. The van der Waals surface area contributed by atoms with Crippen LogP contribution in [0.25, 0.3) is 0 Å². The van der Waals surface area contributed by atoms with E-state index in [0.29, 0.717) is 0 Å². The van der Waals surface area contributed by atoms with Crippen LogP contribution < -0.4 is 21.2 Å². The molecule has 0 N–H and O–H groups in total. The van der Waals surface area contributed by atoms with E-state index < -0.39 is 0 Å². The van der Waals surface area contributed by atoms with E-state index in [2.05, 4.69) is 133 Å². The highest BCUT2D eigenvalue weighted by molar-refractivity contribution is 7.99. The summed E-state index contributed by atoms with van der Waals surface area (Å²) in [7, 11) is -0.513. The molecule has 0 saturated heterocycles. The van der Waals surface area contributed by atoms with E-state index in [4.69, 9.17) is 0 Å². The average molecular weight is 487 g/mol. The van der Waals surface area contributed by atoms with E-state index in [1.54, 1.807) is 0 Å². The molecule has 4 aromatic rings. The van der Waals surface area contributed by atoms with Crippen molar-refractivity contribution in [2.45, 2.75) is 12.8 Å². The molecule has 0 aliphatic rings. The van der Waals surface area contributed by atoms with Gasteiger partial charge in [-0.3, -0.25) is 0 Å². The maximum Gasteiger partial charge on any atom is -0.00640 e. The van der Waals surface area contributed by atoms with Crippen molar-refractivity contribution in [2.75, 3.05) is 23.8 Å². The molecular formula is C30H32P2S. The molecule has 4 rings (SSSR count). The second-order valence-corrected chi connectivity index (χ2v) is 13.9. The molecule has 168 valence electrons. The van der Waals surface area contributed by atoms with E-state index >= 15 is 0 Å². The van der Waals surface area contributed by atoms with Gasteiger partial charge in [0, 0.05) is 0 Å². The summed E-state index contributed by atoms with van der Waals surface area (Å²) in [6.45, 7) is 0. The predicted octanol–water partition coefficient (Wildman–Crippen LogP) is 6.77. The highest BCUT2D eigenvalue weighted by Gasteiger charge is 2.14. The Labute approximate surface area is 206 Å². The van der Waals surface area contributed by atoms with Crippen LogP contribution in [0.1, 0.15) is 12.8 Å². The van der Waals surface area contributed by atoms with Crippen molar-refractivity contribution in [2.24, 2.45) is 0 Å². The first-order valence-corrected chi connectivity index (χ1v) is 16.0. The van der Waals surface area contributed by atoms with Gasteiger partial charge < -0.3 is 0 Å². The third-order valence-corrected chi connectivity index (χ3v) is 12.0. The van der Waals surface area contributed by atoms with Gasteiger partial charge in [-0.2, -0.15) is 11.8 Å². The fourth-order valence-corrected chi connectivity index (χ4v) is 10.0. The van der Waals surface area contributed by atoms with Gasteiger partial charge in [0.05, 0.1) is 0 Å². The van der Waals surface area contributed by atoms with Crippen LogP contribution in [0.2, 0.25) is 0 Å². The van der Waals surface area contributed by atoms with Gasteiger partial charge >= 0.3 is 0 Å². The molecule has 0 nitrogen and oxygen atoms in total. The van der Waals surface area contributed by atoms with Crippen LogP contribution in [0, 0.1) is 0 Å². The van der Waals surface area contributed by atoms with Gasteiger partial charge in [-0.1, -0.05) is 121 Å². The Balaban J connectivity index is 1.25. The molecule has 0 bridgehead atoms. The number of benzene rings is 4. The lowest BCUT2D eigenvalue weighted by atomic mass is 10.4. The average Bonchev–Trinajstić information content (AvgIpc) is 2.90. The maximum atomic E-state index is 2.31. The summed E-state index contributed by atoms with van der Waals surface area (Å²) < 4.78 is 0. The van der Waals surface area contributed by atoms with Crippen LogP contribution in [0.15, 0.2) is 121 Å². The van der Waals surface area contributed by atoms with Crippen LogP contribution in [0.4, 0.5) is 0 Å². The molecule has 0 aliphatic carbocycles. The summed E-state index contributed by atoms with van der Waals surface area (Å²) in [5.41, 5.74) is 0. The van der Waals surface area contributed by atoms with Crippen LogP contribution in [0.3, 0.4) is 0 Å². The fourth-order valence-electron chi connectivity index (χ4n) is 4.00. The molecule has 3 heteroatoms. The van der Waals surface area contributed by atoms with E-state index in [1.807, 2.05) is 0 Å². The quantitative estimate of drug-likeness (QED) is 0.157. The molecule has 0 heterocycles. The number of rotatable bonds is 12. The normalized spacial score (nSPS) is 11.2. The molecule has 0 atom stereocenters. The summed E-state index contributed by atoms with van der Waals surface area (Å²) in [6, 6.07) is 44.4. The standard InChI is InChI=1S/C30H32P2S/c1-5-15-27(16-6-1)31(28-17-7-2-8-18-28)23-13-25-33-26-14-24-32(29-19-9-3-10-20-29)30-21-11-4-12-22-30/h1-12,15-22H,13-14,23-26H2. The molecule has 0 unspecified atom stereocenters. The molecule has 33 heavy (non-hydrogen) atoms. The van der Waals surface area contributed by atoms with Crippen LogP contribution in [-0.4, -0.2) is 23.8 Å². The zero-order valence-corrected chi connectivity index (χ0v) is 21.7. The van der Waals surface area contributed by atoms with Gasteiger partial charge in [-0.05, 0) is 73.7 Å². The topological polar surface area (TPSA) is 0 Å². The molecule has 0 amide bonds. The summed E-state index contributed by atoms with van der Waals surface area (Å²) in [5.74, 6) is 2.51. The van der Waals surface area contributed by atoms with E-state index in [-0.39, 0.29) is 15.8 Å². The Kier molecular flexibility index (Phi) is 10.1. The third kappa shape index (κ3) is 7.55. The molecule has 4 aromatic carbocycles. The third-order valence-electron chi connectivity index (χ3n) is 5.61. The SMILES string of the molecule is c1ccc(P(CCCSCCCP(c2ccccc2)c2ccccc2)c2ccccc2)cc1. The van der Waals surface area contributed by atoms with Crippen LogP contribution >= 0.6 is 27.6 Å². The van der Waals surface area contributed by atoms with Crippen molar-refractivity contribution in [3.63, 3.8) is 0 Å². The molecule has 0 aromatic heterocycles. The highest BCUT2D eigenvalue weighted by Crippen LogP contribution is 2.36. The first-order chi connectivity index (χ1) is 16.4. The van der Waals surface area contributed by atoms with Crippen LogP contribution in [0.5, 0.6) is 0 Å². The zero-order valence-electron chi connectivity index (χ0n) is 19.1. The lowest BCUT2D eigenvalue weighted by Gasteiger charge is -2.19. The van der Waals surface area contributed by atoms with Gasteiger partial charge in [0.2, 0.25) is 0 Å². The van der Waals surface area contributed by atoms with Gasteiger partial charge in [-0.15, -0.1) is 0 Å². The molecule has 0 radical (unpaired) electrons. The van der Waals surface area contributed by atoms with E-state index in [0.717, 1.165) is 0 Å². The van der Waals surface area contributed by atoms with E-state index in [9.17, 15) is 0 Å². The summed E-state index contributed by atoms with van der Waals surface area (Å²) >= 11 is 2.14. The van der Waals surface area contributed by atoms with Crippen molar-refractivity contribution in [3.05, 3.63) is 121 Å². The number of hydrogen-bond acceptors (Lipinski definition) is 1. The minimum absolute atomic E-state index is 0.256. The Hall–Kier alpha value is -1.91. The lowest BCUT2D eigenvalue weighted by Crippen LogP contribution is -2.14. The first kappa shape index (κ1) is 24.2. The second kappa shape index (κ2) is 13.7. The van der Waals surface area contributed by atoms with E-state index in [1.165, 1.54) is 57.9 Å². The molecule has 0 fully saturated rings. The minimum atomic E-state index is -0.256. The number of hydrogen-bond donors (Lipinski definition) is 0. The zero-order chi connectivity index (χ0) is 22.6. The van der Waals surface area contributed by atoms with Gasteiger partial charge in [0.25, 0.3) is 0 Å². The monoisotopic (exact) mass is 486 g/mol. The van der Waals surface area contributed by atoms with Crippen LogP contribution in [-0.2, 0) is 0 Å². The summed E-state index contributed by atoms with van der Waals surface area (Å²) in [4.78, 5) is 0. The maximum absolute atomic E-state index is 2.31. The van der Waals surface area contributed by atoms with Crippen molar-refractivity contribution >= 4 is 48.8 Å². The minimum Gasteiger partial charge on any atom is -0.162 e. The Morgan fingerprint density at radius 2 is 0.667 bits per heavy atom. The first-order valence-electron chi connectivity index (χ1n) is 11.7. The predicted molar refractivity (Wildman–Crippen MR) is 154 cm³/mol. The second-order valence-electron chi connectivity index (χ2n) is 7.96. The summed E-state index contributed by atoms with van der Waals surface area (Å²) in [5, 5.41) is 6.00. The molecule has 0 aliphatic heterocycles. The number of thioether (sulfide) groups is 1. The van der Waals surface area contributed by atoms with Crippen molar-refractivity contribution in [1.82, 2.24) is 0 Å². The van der Waals surface area contributed by atoms with Crippen molar-refractivity contribution in [3.8, 4) is 0 Å². The Morgan fingerprint density at radius 3 is 0.939 bits per heavy atom. The molecule has 0 saturated carbocycles. The highest BCUT2D eigenvalue weighted by atomic mass is 32.2. The van der Waals surface area contributed by atoms with Crippen molar-refractivity contribution < 1.29 is 0 Å². The largest absolute Gasteiger partial charge is 0.162 e. The van der Waals surface area contributed by atoms with Gasteiger partial charge in [-0.25, -0.2) is 0 Å². The lowest BCUT2D eigenvalue weighted by molar-refractivity contribution is 1.09. The summed E-state index contributed by atoms with van der Waals surface area (Å²) in [6.07, 6.45) is 5.12. The smallest absolute Gasteiger partial charge is 0.00640 e. The Morgan fingerprint density at radius 1 is 0.394 bits per heavy atom.